The van der Waals surface area contributed by atoms with Crippen molar-refractivity contribution in [2.24, 2.45) is 0 Å². The highest BCUT2D eigenvalue weighted by Crippen LogP contribution is 1.84. The minimum atomic E-state index is 0. The summed E-state index contributed by atoms with van der Waals surface area (Å²) in [5, 5.41) is 0. The van der Waals surface area contributed by atoms with Crippen LogP contribution >= 0.6 is 12.4 Å². The molecule has 4 heteroatoms. The first kappa shape index (κ1) is 9.17. The maximum atomic E-state index is 10.5. The predicted octanol–water partition coefficient (Wildman–Crippen LogP) is 0.894. The summed E-state index contributed by atoms with van der Waals surface area (Å²) in [4.78, 5) is 14.2. The van der Waals surface area contributed by atoms with Gasteiger partial charge in [0.25, 0.3) is 0 Å². The van der Waals surface area contributed by atoms with Gasteiger partial charge in [-0.3, -0.25) is 4.79 Å². The summed E-state index contributed by atoms with van der Waals surface area (Å²) in [6, 6.07) is 0. The van der Waals surface area contributed by atoms with Crippen molar-refractivity contribution < 1.29 is 4.79 Å². The SMILES string of the molecule is CC(=O)Cn1ccnc1.Cl. The Morgan fingerprint density at radius 3 is 2.80 bits per heavy atom. The van der Waals surface area contributed by atoms with Gasteiger partial charge < -0.3 is 4.57 Å². The van der Waals surface area contributed by atoms with E-state index in [1.54, 1.807) is 30.2 Å². The van der Waals surface area contributed by atoms with Crippen LogP contribution in [-0.4, -0.2) is 15.3 Å². The molecule has 0 atom stereocenters. The van der Waals surface area contributed by atoms with Crippen molar-refractivity contribution in [1.82, 2.24) is 9.55 Å². The van der Waals surface area contributed by atoms with Gasteiger partial charge in [-0.2, -0.15) is 0 Å². The molecule has 3 nitrogen and oxygen atoms in total. The Hall–Kier alpha value is -0.830. The number of halogens is 1. The minimum absolute atomic E-state index is 0. The lowest BCUT2D eigenvalue weighted by Gasteiger charge is -1.93. The molecule has 0 aromatic carbocycles. The second-order valence-electron chi connectivity index (χ2n) is 1.94. The summed E-state index contributed by atoms with van der Waals surface area (Å²) in [6.45, 7) is 1.99. The first-order chi connectivity index (χ1) is 4.29. The Kier molecular flexibility index (Phi) is 3.72. The molecule has 0 fully saturated rings. The van der Waals surface area contributed by atoms with Crippen LogP contribution in [0.1, 0.15) is 6.92 Å². The Bertz CT molecular complexity index is 196. The monoisotopic (exact) mass is 160 g/mol. The van der Waals surface area contributed by atoms with Crippen molar-refractivity contribution in [3.05, 3.63) is 18.7 Å². The molecule has 0 unspecified atom stereocenters. The second-order valence-corrected chi connectivity index (χ2v) is 1.94. The third-order valence-electron chi connectivity index (χ3n) is 0.964. The average Bonchev–Trinajstić information content (AvgIpc) is 2.15. The average molecular weight is 161 g/mol. The molecule has 0 saturated carbocycles. The fourth-order valence-electron chi connectivity index (χ4n) is 0.637. The van der Waals surface area contributed by atoms with Gasteiger partial charge in [-0.1, -0.05) is 0 Å². The van der Waals surface area contributed by atoms with Crippen molar-refractivity contribution >= 4 is 18.2 Å². The predicted molar refractivity (Wildman–Crippen MR) is 40.2 cm³/mol. The van der Waals surface area contributed by atoms with Crippen molar-refractivity contribution in [2.45, 2.75) is 13.5 Å². The Morgan fingerprint density at radius 2 is 2.40 bits per heavy atom. The molecule has 0 saturated heterocycles. The molecule has 1 heterocycles. The van der Waals surface area contributed by atoms with Gasteiger partial charge in [0.2, 0.25) is 0 Å². The molecule has 56 valence electrons. The summed E-state index contributed by atoms with van der Waals surface area (Å²) in [7, 11) is 0. The first-order valence-electron chi connectivity index (χ1n) is 2.74. The standard InChI is InChI=1S/C6H8N2O.ClH/c1-6(9)4-8-3-2-7-5-8;/h2-3,5H,4H2,1H3;1H. The zero-order valence-corrected chi connectivity index (χ0v) is 6.47. The van der Waals surface area contributed by atoms with Gasteiger partial charge >= 0.3 is 0 Å². The van der Waals surface area contributed by atoms with E-state index in [-0.39, 0.29) is 18.2 Å². The number of imidazole rings is 1. The molecular formula is C6H9ClN2O. The molecule has 10 heavy (non-hydrogen) atoms. The van der Waals surface area contributed by atoms with Crippen molar-refractivity contribution in [3.63, 3.8) is 0 Å². The van der Waals surface area contributed by atoms with Gasteiger partial charge in [-0.15, -0.1) is 12.4 Å². The normalized spacial score (nSPS) is 8.50. The lowest BCUT2D eigenvalue weighted by molar-refractivity contribution is -0.117. The smallest absolute Gasteiger partial charge is 0.149 e. The second kappa shape index (κ2) is 4.06. The number of rotatable bonds is 2. The van der Waals surface area contributed by atoms with E-state index in [1.165, 1.54) is 0 Å². The number of Topliss-reactive ketones (excluding diaryl/α,β-unsaturated/α-hetero) is 1. The summed E-state index contributed by atoms with van der Waals surface area (Å²) in [6.07, 6.45) is 5.05. The number of ketones is 1. The molecule has 0 amide bonds. The van der Waals surface area contributed by atoms with E-state index in [1.807, 2.05) is 0 Å². The number of aromatic nitrogens is 2. The summed E-state index contributed by atoms with van der Waals surface area (Å²) in [5.74, 6) is 0.146. The third kappa shape index (κ3) is 2.64. The highest BCUT2D eigenvalue weighted by Gasteiger charge is 1.91. The molecule has 0 aliphatic heterocycles. The molecule has 0 bridgehead atoms. The Morgan fingerprint density at radius 1 is 1.70 bits per heavy atom. The lowest BCUT2D eigenvalue weighted by atomic mass is 10.4. The number of carbonyl (C=O) groups is 1. The first-order valence-corrected chi connectivity index (χ1v) is 2.74. The van der Waals surface area contributed by atoms with E-state index < -0.39 is 0 Å². The van der Waals surface area contributed by atoms with Crippen LogP contribution in [0.2, 0.25) is 0 Å². The number of hydrogen-bond donors (Lipinski definition) is 0. The highest BCUT2D eigenvalue weighted by molar-refractivity contribution is 5.85. The largest absolute Gasteiger partial charge is 0.330 e. The van der Waals surface area contributed by atoms with E-state index in [9.17, 15) is 4.79 Å². The van der Waals surface area contributed by atoms with Gasteiger partial charge in [-0.25, -0.2) is 4.98 Å². The van der Waals surface area contributed by atoms with E-state index in [0.29, 0.717) is 6.54 Å². The molecule has 0 aliphatic rings. The fourth-order valence-corrected chi connectivity index (χ4v) is 0.637. The zero-order chi connectivity index (χ0) is 6.69. The third-order valence-corrected chi connectivity index (χ3v) is 0.964. The minimum Gasteiger partial charge on any atom is -0.330 e. The maximum absolute atomic E-state index is 10.5. The molecule has 0 radical (unpaired) electrons. The van der Waals surface area contributed by atoms with Gasteiger partial charge in [0, 0.05) is 12.4 Å². The van der Waals surface area contributed by atoms with Crippen LogP contribution in [0.5, 0.6) is 0 Å². The van der Waals surface area contributed by atoms with Gasteiger partial charge in [-0.05, 0) is 6.92 Å². The van der Waals surface area contributed by atoms with Crippen LogP contribution in [0, 0.1) is 0 Å². The van der Waals surface area contributed by atoms with Crippen LogP contribution in [0.4, 0.5) is 0 Å². The summed E-state index contributed by atoms with van der Waals surface area (Å²) < 4.78 is 1.74. The Balaban J connectivity index is 0.000000810. The molecule has 0 N–H and O–H groups in total. The van der Waals surface area contributed by atoms with Crippen LogP contribution in [0.25, 0.3) is 0 Å². The fraction of sp³-hybridized carbons (Fsp3) is 0.333. The van der Waals surface area contributed by atoms with Gasteiger partial charge in [0.1, 0.15) is 5.78 Å². The maximum Gasteiger partial charge on any atom is 0.149 e. The van der Waals surface area contributed by atoms with Gasteiger partial charge in [0.15, 0.2) is 0 Å². The zero-order valence-electron chi connectivity index (χ0n) is 5.65. The lowest BCUT2D eigenvalue weighted by Crippen LogP contribution is -2.02. The molecule has 1 rings (SSSR count). The number of nitrogens with zero attached hydrogens (tertiary/aromatic N) is 2. The highest BCUT2D eigenvalue weighted by atomic mass is 35.5. The van der Waals surface area contributed by atoms with Crippen molar-refractivity contribution in [1.29, 1.82) is 0 Å². The molecule has 1 aromatic rings. The number of hydrogen-bond acceptors (Lipinski definition) is 2. The van der Waals surface area contributed by atoms with Crippen LogP contribution < -0.4 is 0 Å². The van der Waals surface area contributed by atoms with Crippen molar-refractivity contribution in [3.8, 4) is 0 Å². The van der Waals surface area contributed by atoms with Crippen LogP contribution in [0.3, 0.4) is 0 Å². The topological polar surface area (TPSA) is 34.9 Å². The van der Waals surface area contributed by atoms with E-state index in [0.717, 1.165) is 0 Å². The van der Waals surface area contributed by atoms with Gasteiger partial charge in [0.05, 0.1) is 12.9 Å². The van der Waals surface area contributed by atoms with E-state index in [4.69, 9.17) is 0 Å². The van der Waals surface area contributed by atoms with Crippen LogP contribution in [0.15, 0.2) is 18.7 Å². The molecule has 0 spiro atoms. The molecule has 0 aliphatic carbocycles. The summed E-state index contributed by atoms with van der Waals surface area (Å²) >= 11 is 0. The van der Waals surface area contributed by atoms with Crippen molar-refractivity contribution in [2.75, 3.05) is 0 Å². The molecule has 1 aromatic heterocycles. The Labute approximate surface area is 65.5 Å². The molecular weight excluding hydrogens is 152 g/mol. The quantitative estimate of drug-likeness (QED) is 0.644. The number of carbonyl (C=O) groups excluding carboxylic acids is 1. The summed E-state index contributed by atoms with van der Waals surface area (Å²) in [5.41, 5.74) is 0. The van der Waals surface area contributed by atoms with E-state index >= 15 is 0 Å². The van der Waals surface area contributed by atoms with E-state index in [2.05, 4.69) is 4.98 Å². The van der Waals surface area contributed by atoms with Crippen LogP contribution in [-0.2, 0) is 11.3 Å².